The first kappa shape index (κ1) is 17.8. The number of hydrogen-bond acceptors (Lipinski definition) is 4. The second-order valence-corrected chi connectivity index (χ2v) is 6.38. The molecular formula is C20H22N2O4. The maximum Gasteiger partial charge on any atom is 0.231 e. The average molecular weight is 354 g/mol. The highest BCUT2D eigenvalue weighted by atomic mass is 16.7. The van der Waals surface area contributed by atoms with Crippen LogP contribution in [-0.4, -0.2) is 25.2 Å². The van der Waals surface area contributed by atoms with E-state index in [9.17, 15) is 9.59 Å². The van der Waals surface area contributed by atoms with Crippen molar-refractivity contribution < 1.29 is 19.1 Å². The fourth-order valence-corrected chi connectivity index (χ4v) is 3.01. The van der Waals surface area contributed by atoms with Gasteiger partial charge in [-0.05, 0) is 49.2 Å². The van der Waals surface area contributed by atoms with Gasteiger partial charge in [-0.3, -0.25) is 9.59 Å². The molecule has 1 N–H and O–H groups in total. The summed E-state index contributed by atoms with van der Waals surface area (Å²) in [5.41, 5.74) is 3.63. The number of fused-ring (bicyclic) bond motifs is 1. The highest BCUT2D eigenvalue weighted by Crippen LogP contribution is 2.35. The second kappa shape index (κ2) is 7.47. The summed E-state index contributed by atoms with van der Waals surface area (Å²) in [7, 11) is 0. The lowest BCUT2D eigenvalue weighted by molar-refractivity contribution is -0.117. The van der Waals surface area contributed by atoms with Crippen LogP contribution in [0.1, 0.15) is 24.5 Å². The minimum absolute atomic E-state index is 0.136. The van der Waals surface area contributed by atoms with Crippen molar-refractivity contribution in [3.8, 4) is 11.5 Å². The summed E-state index contributed by atoms with van der Waals surface area (Å²) >= 11 is 0. The van der Waals surface area contributed by atoms with Crippen LogP contribution in [0.3, 0.4) is 0 Å². The fourth-order valence-electron chi connectivity index (χ4n) is 3.01. The van der Waals surface area contributed by atoms with Gasteiger partial charge in [-0.1, -0.05) is 6.07 Å². The fraction of sp³-hybridized carbons (Fsp3) is 0.300. The number of anilines is 2. The molecule has 0 saturated carbocycles. The van der Waals surface area contributed by atoms with E-state index in [1.165, 1.54) is 6.92 Å². The molecule has 0 bridgehead atoms. The first-order valence-electron chi connectivity index (χ1n) is 8.48. The van der Waals surface area contributed by atoms with Crippen LogP contribution >= 0.6 is 0 Å². The Bertz CT molecular complexity index is 827. The molecule has 0 spiro atoms. The maximum atomic E-state index is 12.3. The summed E-state index contributed by atoms with van der Waals surface area (Å²) in [6.45, 7) is 5.91. The summed E-state index contributed by atoms with van der Waals surface area (Å²) in [5.74, 6) is 0.989. The molecule has 1 aliphatic rings. The Balaban J connectivity index is 1.65. The van der Waals surface area contributed by atoms with E-state index in [2.05, 4.69) is 5.32 Å². The predicted octanol–water partition coefficient (Wildman–Crippen LogP) is 3.41. The van der Waals surface area contributed by atoms with Crippen LogP contribution < -0.4 is 19.7 Å². The molecule has 0 fully saturated rings. The Kier molecular flexibility index (Phi) is 5.11. The summed E-state index contributed by atoms with van der Waals surface area (Å²) < 4.78 is 10.6. The second-order valence-electron chi connectivity index (χ2n) is 6.38. The van der Waals surface area contributed by atoms with Gasteiger partial charge in [-0.2, -0.15) is 0 Å². The van der Waals surface area contributed by atoms with Gasteiger partial charge in [0.2, 0.25) is 18.6 Å². The van der Waals surface area contributed by atoms with Crippen molar-refractivity contribution >= 4 is 23.2 Å². The van der Waals surface area contributed by atoms with Crippen molar-refractivity contribution in [2.24, 2.45) is 0 Å². The van der Waals surface area contributed by atoms with Crippen LogP contribution in [0.25, 0.3) is 0 Å². The minimum atomic E-state index is -0.137. The van der Waals surface area contributed by atoms with Gasteiger partial charge in [0.15, 0.2) is 11.5 Å². The van der Waals surface area contributed by atoms with Gasteiger partial charge in [0.1, 0.15) is 0 Å². The Morgan fingerprint density at radius 2 is 1.73 bits per heavy atom. The maximum absolute atomic E-state index is 12.3. The predicted molar refractivity (Wildman–Crippen MR) is 99.8 cm³/mol. The van der Waals surface area contributed by atoms with E-state index in [1.54, 1.807) is 23.1 Å². The molecule has 6 nitrogen and oxygen atoms in total. The molecule has 0 aromatic heterocycles. The summed E-state index contributed by atoms with van der Waals surface area (Å²) in [6, 6.07) is 11.2. The van der Waals surface area contributed by atoms with Crippen LogP contribution in [0, 0.1) is 13.8 Å². The number of nitrogens with zero attached hydrogens (tertiary/aromatic N) is 1. The van der Waals surface area contributed by atoms with Crippen molar-refractivity contribution in [1.29, 1.82) is 0 Å². The molecule has 2 amide bonds. The van der Waals surface area contributed by atoms with Gasteiger partial charge in [-0.15, -0.1) is 0 Å². The summed E-state index contributed by atoms with van der Waals surface area (Å²) in [6.07, 6.45) is 0.195. The number of nitrogens with one attached hydrogen (secondary N) is 1. The van der Waals surface area contributed by atoms with E-state index in [0.717, 1.165) is 16.8 Å². The quantitative estimate of drug-likeness (QED) is 0.893. The largest absolute Gasteiger partial charge is 0.454 e. The number of ether oxygens (including phenoxy) is 2. The van der Waals surface area contributed by atoms with Crippen molar-refractivity contribution in [1.82, 2.24) is 0 Å². The monoisotopic (exact) mass is 354 g/mol. The number of aryl methyl sites for hydroxylation is 2. The third-order valence-corrected chi connectivity index (χ3v) is 4.12. The number of benzene rings is 2. The summed E-state index contributed by atoms with van der Waals surface area (Å²) in [4.78, 5) is 25.9. The lowest BCUT2D eigenvalue weighted by Gasteiger charge is -2.21. The lowest BCUT2D eigenvalue weighted by Crippen LogP contribution is -2.31. The third kappa shape index (κ3) is 4.14. The van der Waals surface area contributed by atoms with Gasteiger partial charge >= 0.3 is 0 Å². The van der Waals surface area contributed by atoms with Crippen molar-refractivity contribution in [3.05, 3.63) is 47.5 Å². The highest BCUT2D eigenvalue weighted by molar-refractivity contribution is 5.95. The van der Waals surface area contributed by atoms with Gasteiger partial charge in [-0.25, -0.2) is 0 Å². The standard InChI is InChI=1S/C20H22N2O4/c1-13-8-14(2)10-16(9-13)21-20(24)6-7-22(15(3)23)17-4-5-18-19(11-17)26-12-25-18/h4-5,8-11H,6-7,12H2,1-3H3,(H,21,24). The molecule has 0 saturated heterocycles. The Labute approximate surface area is 152 Å². The molecule has 0 aliphatic carbocycles. The number of amides is 2. The molecule has 2 aromatic carbocycles. The highest BCUT2D eigenvalue weighted by Gasteiger charge is 2.19. The van der Waals surface area contributed by atoms with E-state index < -0.39 is 0 Å². The first-order chi connectivity index (χ1) is 12.4. The SMILES string of the molecule is CC(=O)N(CCC(=O)Nc1cc(C)cc(C)c1)c1ccc2c(c1)OCO2. The lowest BCUT2D eigenvalue weighted by atomic mass is 10.1. The van der Waals surface area contributed by atoms with Gasteiger partial charge in [0, 0.05) is 37.3 Å². The zero-order chi connectivity index (χ0) is 18.7. The number of carbonyl (C=O) groups excluding carboxylic acids is 2. The molecule has 3 rings (SSSR count). The van der Waals surface area contributed by atoms with Crippen LogP contribution in [0.4, 0.5) is 11.4 Å². The van der Waals surface area contributed by atoms with E-state index in [-0.39, 0.29) is 31.6 Å². The topological polar surface area (TPSA) is 67.9 Å². The van der Waals surface area contributed by atoms with Gasteiger partial charge in [0.05, 0.1) is 0 Å². The van der Waals surface area contributed by atoms with Crippen molar-refractivity contribution in [3.63, 3.8) is 0 Å². The van der Waals surface area contributed by atoms with E-state index in [4.69, 9.17) is 9.47 Å². The Morgan fingerprint density at radius 3 is 2.42 bits per heavy atom. The zero-order valence-corrected chi connectivity index (χ0v) is 15.2. The van der Waals surface area contributed by atoms with E-state index in [0.29, 0.717) is 17.2 Å². The molecular weight excluding hydrogens is 332 g/mol. The molecule has 2 aromatic rings. The summed E-state index contributed by atoms with van der Waals surface area (Å²) in [5, 5.41) is 2.89. The molecule has 0 unspecified atom stereocenters. The van der Waals surface area contributed by atoms with Gasteiger partial charge in [0.25, 0.3) is 0 Å². The van der Waals surface area contributed by atoms with E-state index >= 15 is 0 Å². The number of rotatable bonds is 5. The smallest absolute Gasteiger partial charge is 0.231 e. The molecule has 6 heteroatoms. The average Bonchev–Trinajstić information content (AvgIpc) is 3.01. The Hall–Kier alpha value is -3.02. The molecule has 0 atom stereocenters. The molecule has 1 aliphatic heterocycles. The first-order valence-corrected chi connectivity index (χ1v) is 8.48. The normalized spacial score (nSPS) is 12.0. The Morgan fingerprint density at radius 1 is 1.04 bits per heavy atom. The third-order valence-electron chi connectivity index (χ3n) is 4.12. The number of hydrogen-bond donors (Lipinski definition) is 1. The van der Waals surface area contributed by atoms with Crippen LogP contribution in [0.15, 0.2) is 36.4 Å². The van der Waals surface area contributed by atoms with Crippen LogP contribution in [0.5, 0.6) is 11.5 Å². The minimum Gasteiger partial charge on any atom is -0.454 e. The van der Waals surface area contributed by atoms with Crippen LogP contribution in [-0.2, 0) is 9.59 Å². The molecule has 0 radical (unpaired) electrons. The molecule has 26 heavy (non-hydrogen) atoms. The van der Waals surface area contributed by atoms with E-state index in [1.807, 2.05) is 32.0 Å². The van der Waals surface area contributed by atoms with Crippen molar-refractivity contribution in [2.45, 2.75) is 27.2 Å². The van der Waals surface area contributed by atoms with Crippen LogP contribution in [0.2, 0.25) is 0 Å². The molecule has 136 valence electrons. The zero-order valence-electron chi connectivity index (χ0n) is 15.2. The van der Waals surface area contributed by atoms with Gasteiger partial charge < -0.3 is 19.7 Å². The number of carbonyl (C=O) groups is 2. The molecule has 1 heterocycles. The van der Waals surface area contributed by atoms with Crippen molar-refractivity contribution in [2.75, 3.05) is 23.6 Å².